The molecule has 7 heteroatoms. The molecule has 1 saturated heterocycles. The summed E-state index contributed by atoms with van der Waals surface area (Å²) < 4.78 is 0. The average molecular weight is 366 g/mol. The van der Waals surface area contributed by atoms with Gasteiger partial charge < -0.3 is 16.0 Å². The molecule has 0 unspecified atom stereocenters. The Hall–Kier alpha value is -1.89. The Labute approximate surface area is 151 Å². The minimum absolute atomic E-state index is 0. The first-order valence-corrected chi connectivity index (χ1v) is 8.57. The molecule has 24 heavy (non-hydrogen) atoms. The van der Waals surface area contributed by atoms with Gasteiger partial charge in [-0.2, -0.15) is 0 Å². The number of benzene rings is 1. The molecule has 1 aromatic carbocycles. The Balaban J connectivity index is 0.00000208. The van der Waals surface area contributed by atoms with E-state index < -0.39 is 0 Å². The molecule has 128 valence electrons. The van der Waals surface area contributed by atoms with Crippen LogP contribution in [0.25, 0.3) is 0 Å². The van der Waals surface area contributed by atoms with Crippen molar-refractivity contribution in [1.29, 1.82) is 0 Å². The van der Waals surface area contributed by atoms with E-state index in [1.165, 1.54) is 11.3 Å². The highest BCUT2D eigenvalue weighted by Crippen LogP contribution is 2.20. The fourth-order valence-electron chi connectivity index (χ4n) is 2.60. The lowest BCUT2D eigenvalue weighted by molar-refractivity contribution is -0.120. The van der Waals surface area contributed by atoms with Crippen LogP contribution in [0.4, 0.5) is 11.4 Å². The van der Waals surface area contributed by atoms with E-state index >= 15 is 0 Å². The van der Waals surface area contributed by atoms with Gasteiger partial charge in [0.2, 0.25) is 5.91 Å². The molecule has 1 aromatic heterocycles. The Morgan fingerprint density at radius 1 is 1.04 bits per heavy atom. The summed E-state index contributed by atoms with van der Waals surface area (Å²) in [7, 11) is 0. The van der Waals surface area contributed by atoms with Crippen LogP contribution in [0.5, 0.6) is 0 Å². The molecule has 1 fully saturated rings. The summed E-state index contributed by atoms with van der Waals surface area (Å²) in [5, 5.41) is 10.9. The zero-order valence-electron chi connectivity index (χ0n) is 13.1. The lowest BCUT2D eigenvalue weighted by Crippen LogP contribution is -2.34. The summed E-state index contributed by atoms with van der Waals surface area (Å²) in [4.78, 5) is 25.0. The predicted molar refractivity (Wildman–Crippen MR) is 100 cm³/mol. The van der Waals surface area contributed by atoms with E-state index in [1.54, 1.807) is 12.1 Å². The van der Waals surface area contributed by atoms with E-state index in [2.05, 4.69) is 16.0 Å². The highest BCUT2D eigenvalue weighted by atomic mass is 35.5. The van der Waals surface area contributed by atoms with Crippen molar-refractivity contribution in [2.75, 3.05) is 23.7 Å². The van der Waals surface area contributed by atoms with Gasteiger partial charge in [0.25, 0.3) is 5.91 Å². The van der Waals surface area contributed by atoms with Crippen molar-refractivity contribution >= 4 is 46.9 Å². The van der Waals surface area contributed by atoms with Crippen molar-refractivity contribution < 1.29 is 9.59 Å². The Kier molecular flexibility index (Phi) is 6.78. The molecule has 0 spiro atoms. The fourth-order valence-corrected chi connectivity index (χ4v) is 3.22. The normalized spacial score (nSPS) is 14.5. The van der Waals surface area contributed by atoms with Gasteiger partial charge in [-0.1, -0.05) is 12.1 Å². The second-order valence-corrected chi connectivity index (χ2v) is 6.47. The molecule has 2 amide bonds. The maximum absolute atomic E-state index is 12.3. The second kappa shape index (κ2) is 8.82. The van der Waals surface area contributed by atoms with Gasteiger partial charge in [-0.05, 0) is 55.6 Å². The van der Waals surface area contributed by atoms with Gasteiger partial charge in [0.15, 0.2) is 0 Å². The molecule has 0 atom stereocenters. The number of carbonyl (C=O) groups excluding carboxylic acids is 2. The largest absolute Gasteiger partial charge is 0.326 e. The Morgan fingerprint density at radius 2 is 1.75 bits per heavy atom. The molecule has 0 saturated carbocycles. The number of thiophene rings is 1. The lowest BCUT2D eigenvalue weighted by atomic mass is 9.97. The average Bonchev–Trinajstić information content (AvgIpc) is 3.10. The minimum Gasteiger partial charge on any atom is -0.326 e. The van der Waals surface area contributed by atoms with Gasteiger partial charge >= 0.3 is 0 Å². The highest BCUT2D eigenvalue weighted by Gasteiger charge is 2.20. The first-order chi connectivity index (χ1) is 11.2. The summed E-state index contributed by atoms with van der Waals surface area (Å²) in [6, 6.07) is 10.9. The maximum Gasteiger partial charge on any atom is 0.265 e. The van der Waals surface area contributed by atoms with Crippen molar-refractivity contribution in [2.24, 2.45) is 5.92 Å². The summed E-state index contributed by atoms with van der Waals surface area (Å²) in [5.41, 5.74) is 1.38. The van der Waals surface area contributed by atoms with E-state index in [0.29, 0.717) is 16.3 Å². The first-order valence-electron chi connectivity index (χ1n) is 7.69. The second-order valence-electron chi connectivity index (χ2n) is 5.53. The van der Waals surface area contributed by atoms with Crippen molar-refractivity contribution in [3.8, 4) is 0 Å². The Morgan fingerprint density at radius 3 is 2.42 bits per heavy atom. The smallest absolute Gasteiger partial charge is 0.265 e. The van der Waals surface area contributed by atoms with Crippen LogP contribution < -0.4 is 16.0 Å². The highest BCUT2D eigenvalue weighted by molar-refractivity contribution is 7.12. The zero-order chi connectivity index (χ0) is 16.1. The lowest BCUT2D eigenvalue weighted by Gasteiger charge is -2.21. The molecule has 5 nitrogen and oxygen atoms in total. The quantitative estimate of drug-likeness (QED) is 0.778. The van der Waals surface area contributed by atoms with E-state index in [4.69, 9.17) is 0 Å². The molecular formula is C17H20ClN3O2S. The van der Waals surface area contributed by atoms with Crippen LogP contribution in [0.2, 0.25) is 0 Å². The summed E-state index contributed by atoms with van der Waals surface area (Å²) in [5.74, 6) is -0.0318. The molecule has 1 aliphatic heterocycles. The van der Waals surface area contributed by atoms with Gasteiger partial charge in [-0.3, -0.25) is 9.59 Å². The van der Waals surface area contributed by atoms with Crippen molar-refractivity contribution in [1.82, 2.24) is 5.32 Å². The number of hydrogen-bond donors (Lipinski definition) is 3. The van der Waals surface area contributed by atoms with E-state index in [1.807, 2.05) is 29.6 Å². The topological polar surface area (TPSA) is 70.2 Å². The van der Waals surface area contributed by atoms with Gasteiger partial charge in [0.05, 0.1) is 4.88 Å². The van der Waals surface area contributed by atoms with Crippen LogP contribution in [0.15, 0.2) is 41.8 Å². The monoisotopic (exact) mass is 365 g/mol. The number of rotatable bonds is 4. The molecule has 3 N–H and O–H groups in total. The van der Waals surface area contributed by atoms with Gasteiger partial charge in [0, 0.05) is 17.3 Å². The molecule has 0 bridgehead atoms. The molecular weight excluding hydrogens is 346 g/mol. The van der Waals surface area contributed by atoms with Crippen LogP contribution in [-0.2, 0) is 4.79 Å². The van der Waals surface area contributed by atoms with Gasteiger partial charge in [-0.25, -0.2) is 0 Å². The standard InChI is InChI=1S/C17H19N3O2S.ClH/c21-16(12-6-8-18-9-7-12)19-13-3-1-4-14(11-13)20-17(22)15-5-2-10-23-15;/h1-5,10-12,18H,6-9H2,(H,19,21)(H,20,22);1H. The molecule has 0 radical (unpaired) electrons. The number of anilines is 2. The van der Waals surface area contributed by atoms with E-state index in [-0.39, 0.29) is 30.1 Å². The zero-order valence-corrected chi connectivity index (χ0v) is 14.7. The third-order valence-corrected chi connectivity index (χ3v) is 4.71. The van der Waals surface area contributed by atoms with Crippen molar-refractivity contribution in [2.45, 2.75) is 12.8 Å². The number of amides is 2. The molecule has 0 aliphatic carbocycles. The van der Waals surface area contributed by atoms with Crippen molar-refractivity contribution in [3.05, 3.63) is 46.7 Å². The van der Waals surface area contributed by atoms with Crippen LogP contribution in [0.3, 0.4) is 0 Å². The van der Waals surface area contributed by atoms with Crippen LogP contribution >= 0.6 is 23.7 Å². The number of piperidine rings is 1. The fraction of sp³-hybridized carbons (Fsp3) is 0.294. The van der Waals surface area contributed by atoms with Crippen LogP contribution in [-0.4, -0.2) is 24.9 Å². The molecule has 1 aliphatic rings. The van der Waals surface area contributed by atoms with Gasteiger partial charge in [0.1, 0.15) is 0 Å². The first kappa shape index (κ1) is 18.4. The Bertz CT molecular complexity index is 685. The van der Waals surface area contributed by atoms with E-state index in [0.717, 1.165) is 25.9 Å². The SMILES string of the molecule is Cl.O=C(Nc1cccc(NC(=O)C2CCNCC2)c1)c1cccs1. The molecule has 2 heterocycles. The number of hydrogen-bond acceptors (Lipinski definition) is 4. The van der Waals surface area contributed by atoms with Crippen molar-refractivity contribution in [3.63, 3.8) is 0 Å². The third-order valence-electron chi connectivity index (χ3n) is 3.84. The summed E-state index contributed by atoms with van der Waals surface area (Å²) >= 11 is 1.40. The third kappa shape index (κ3) is 4.80. The van der Waals surface area contributed by atoms with E-state index in [9.17, 15) is 9.59 Å². The summed E-state index contributed by atoms with van der Waals surface area (Å²) in [6.07, 6.45) is 1.72. The molecule has 3 rings (SSSR count). The van der Waals surface area contributed by atoms with Crippen LogP contribution in [0, 0.1) is 5.92 Å². The number of carbonyl (C=O) groups is 2. The number of halogens is 1. The molecule has 2 aromatic rings. The predicted octanol–water partition coefficient (Wildman–Crippen LogP) is 3.36. The summed E-state index contributed by atoms with van der Waals surface area (Å²) in [6.45, 7) is 1.77. The van der Waals surface area contributed by atoms with Crippen LogP contribution in [0.1, 0.15) is 22.5 Å². The maximum atomic E-state index is 12.3. The number of nitrogens with one attached hydrogen (secondary N) is 3. The minimum atomic E-state index is -0.137. The van der Waals surface area contributed by atoms with Gasteiger partial charge in [-0.15, -0.1) is 23.7 Å².